The zero-order valence-electron chi connectivity index (χ0n) is 7.83. The Hall–Kier alpha value is -0.980. The minimum absolute atomic E-state index is 0.331. The first-order valence-electron chi connectivity index (χ1n) is 4.19. The van der Waals surface area contributed by atoms with Gasteiger partial charge in [0, 0.05) is 22.9 Å². The third-order valence-corrected chi connectivity index (χ3v) is 4.06. The van der Waals surface area contributed by atoms with E-state index in [4.69, 9.17) is 15.8 Å². The van der Waals surface area contributed by atoms with Gasteiger partial charge >= 0.3 is 11.3 Å². The normalized spacial score (nSPS) is 19.7. The van der Waals surface area contributed by atoms with Crippen molar-refractivity contribution in [2.75, 3.05) is 0 Å². The highest BCUT2D eigenvalue weighted by Gasteiger charge is 2.32. The third-order valence-electron chi connectivity index (χ3n) is 1.79. The van der Waals surface area contributed by atoms with E-state index >= 15 is 0 Å². The number of halogens is 1. The Bertz CT molecular complexity index is 478. The Morgan fingerprint density at radius 1 is 1.44 bits per heavy atom. The summed E-state index contributed by atoms with van der Waals surface area (Å²) >= 11 is 4.43. The summed E-state index contributed by atoms with van der Waals surface area (Å²) in [5.74, 6) is -0.0301. The minimum Gasteiger partial charge on any atom is -0.383 e. The highest BCUT2D eigenvalue weighted by molar-refractivity contribution is 8.08. The number of amides is 1. The fourth-order valence-corrected chi connectivity index (χ4v) is 2.76. The average Bonchev–Trinajstić information content (AvgIpc) is 2.29. The molecule has 1 aromatic carbocycles. The lowest BCUT2D eigenvalue weighted by Gasteiger charge is -2.23. The number of nitrogens with zero attached hydrogens (tertiary/aromatic N) is 1. The third kappa shape index (κ3) is 2.09. The first-order valence-corrected chi connectivity index (χ1v) is 6.50. The van der Waals surface area contributed by atoms with Crippen LogP contribution in [-0.4, -0.2) is 13.8 Å². The van der Waals surface area contributed by atoms with Crippen molar-refractivity contribution in [2.24, 2.45) is 0 Å². The van der Waals surface area contributed by atoms with Gasteiger partial charge in [0.25, 0.3) is 5.91 Å². The van der Waals surface area contributed by atoms with E-state index in [1.54, 1.807) is 24.3 Å². The Morgan fingerprint density at radius 3 is 2.94 bits per heavy atom. The van der Waals surface area contributed by atoms with Crippen LogP contribution in [-0.2, 0) is 11.3 Å². The smallest absolute Gasteiger partial charge is 0.332 e. The second kappa shape index (κ2) is 4.90. The maximum absolute atomic E-state index is 11.9. The molecule has 1 unspecified atom stereocenters. The van der Waals surface area contributed by atoms with Crippen LogP contribution < -0.4 is 4.18 Å². The number of hydrogen-bond donors (Lipinski definition) is 0. The van der Waals surface area contributed by atoms with Crippen molar-refractivity contribution in [3.05, 3.63) is 40.8 Å². The lowest BCUT2D eigenvalue weighted by Crippen LogP contribution is -2.33. The molecule has 1 amide bonds. The Labute approximate surface area is 104 Å². The number of hydrogen-bond acceptors (Lipinski definition) is 4. The van der Waals surface area contributed by atoms with Gasteiger partial charge in [-0.2, -0.15) is 7.92 Å². The van der Waals surface area contributed by atoms with Gasteiger partial charge in [-0.3, -0.25) is 4.79 Å². The van der Waals surface area contributed by atoms with Crippen LogP contribution >= 0.6 is 23.5 Å². The molecule has 0 bridgehead atoms. The lowest BCUT2D eigenvalue weighted by atomic mass is 10.2. The molecule has 1 atom stereocenters. The van der Waals surface area contributed by atoms with Crippen molar-refractivity contribution in [1.29, 1.82) is 0 Å². The van der Waals surface area contributed by atoms with E-state index in [-0.39, 0.29) is 5.91 Å². The van der Waals surface area contributed by atoms with Gasteiger partial charge in [0.05, 0.1) is 5.56 Å². The SMILES string of the molecule is O=C1c2ccccc2OS(=O)N1SC=CCl. The van der Waals surface area contributed by atoms with E-state index in [1.807, 2.05) is 0 Å². The predicted molar refractivity (Wildman–Crippen MR) is 64.0 cm³/mol. The van der Waals surface area contributed by atoms with Crippen LogP contribution in [0, 0.1) is 0 Å². The molecule has 1 aliphatic heterocycles. The Kier molecular flexibility index (Phi) is 3.52. The van der Waals surface area contributed by atoms with Crippen LogP contribution in [0.1, 0.15) is 10.4 Å². The molecule has 0 spiro atoms. The predicted octanol–water partition coefficient (Wildman–Crippen LogP) is 2.46. The molecule has 4 nitrogen and oxygen atoms in total. The van der Waals surface area contributed by atoms with Gasteiger partial charge in [-0.15, -0.1) is 0 Å². The number of carbonyl (C=O) groups excluding carboxylic acids is 1. The van der Waals surface area contributed by atoms with Crippen LogP contribution in [0.2, 0.25) is 0 Å². The highest BCUT2D eigenvalue weighted by atomic mass is 35.5. The molecule has 7 heteroatoms. The summed E-state index contributed by atoms with van der Waals surface area (Å²) in [5.41, 5.74) is 1.62. The van der Waals surface area contributed by atoms with E-state index < -0.39 is 11.3 Å². The molecule has 1 aromatic rings. The molecule has 2 rings (SSSR count). The monoisotopic (exact) mass is 275 g/mol. The second-order valence-electron chi connectivity index (χ2n) is 2.73. The molecule has 0 aromatic heterocycles. The molecule has 1 heterocycles. The summed E-state index contributed by atoms with van der Waals surface area (Å²) in [6.45, 7) is 0. The topological polar surface area (TPSA) is 46.6 Å². The maximum atomic E-state index is 11.9. The van der Waals surface area contributed by atoms with Gasteiger partial charge < -0.3 is 4.18 Å². The summed E-state index contributed by atoms with van der Waals surface area (Å²) in [6, 6.07) is 6.65. The summed E-state index contributed by atoms with van der Waals surface area (Å²) in [4.78, 5) is 11.9. The molecule has 0 fully saturated rings. The van der Waals surface area contributed by atoms with Gasteiger partial charge in [-0.1, -0.05) is 23.7 Å². The molecule has 0 radical (unpaired) electrons. The van der Waals surface area contributed by atoms with E-state index in [9.17, 15) is 9.00 Å². The number of para-hydroxylation sites is 1. The van der Waals surface area contributed by atoms with Crippen LogP contribution in [0.5, 0.6) is 5.75 Å². The molecule has 0 aliphatic carbocycles. The zero-order chi connectivity index (χ0) is 11.5. The van der Waals surface area contributed by atoms with E-state index in [2.05, 4.69) is 0 Å². The quantitative estimate of drug-likeness (QED) is 0.778. The van der Waals surface area contributed by atoms with Crippen LogP contribution in [0.25, 0.3) is 0 Å². The maximum Gasteiger partial charge on any atom is 0.332 e. The van der Waals surface area contributed by atoms with Crippen molar-refractivity contribution in [1.82, 2.24) is 3.71 Å². The molecule has 16 heavy (non-hydrogen) atoms. The average molecular weight is 276 g/mol. The summed E-state index contributed by atoms with van der Waals surface area (Å²) < 4.78 is 17.7. The number of benzene rings is 1. The fraction of sp³-hybridized carbons (Fsp3) is 0. The number of rotatable bonds is 2. The van der Waals surface area contributed by atoms with Crippen molar-refractivity contribution in [3.63, 3.8) is 0 Å². The van der Waals surface area contributed by atoms with Crippen LogP contribution in [0.15, 0.2) is 35.2 Å². The van der Waals surface area contributed by atoms with Crippen LogP contribution in [0.4, 0.5) is 0 Å². The molecule has 0 saturated carbocycles. The van der Waals surface area contributed by atoms with Crippen molar-refractivity contribution in [2.45, 2.75) is 0 Å². The molecule has 0 N–H and O–H groups in total. The molecule has 84 valence electrons. The summed E-state index contributed by atoms with van der Waals surface area (Å²) in [6.07, 6.45) is 0. The van der Waals surface area contributed by atoms with Gasteiger partial charge in [0.15, 0.2) is 5.75 Å². The van der Waals surface area contributed by atoms with E-state index in [0.29, 0.717) is 11.3 Å². The van der Waals surface area contributed by atoms with E-state index in [1.165, 1.54) is 10.9 Å². The number of fused-ring (bicyclic) bond motifs is 1. The molecular formula is C9H6ClNO3S2. The van der Waals surface area contributed by atoms with Gasteiger partial charge in [0.1, 0.15) is 0 Å². The Morgan fingerprint density at radius 2 is 2.19 bits per heavy atom. The van der Waals surface area contributed by atoms with Gasteiger partial charge in [-0.05, 0) is 12.1 Å². The fourth-order valence-electron chi connectivity index (χ4n) is 1.15. The summed E-state index contributed by atoms with van der Waals surface area (Å²) in [7, 11) is 0. The van der Waals surface area contributed by atoms with Crippen molar-refractivity contribution < 1.29 is 13.2 Å². The largest absolute Gasteiger partial charge is 0.383 e. The molecule has 1 aliphatic rings. The standard InChI is InChI=1S/C9H6ClNO3S2/c10-5-6-15-11-9(12)7-3-1-2-4-8(7)14-16(11)13/h1-6H. The van der Waals surface area contributed by atoms with Gasteiger partial charge in [-0.25, -0.2) is 0 Å². The zero-order valence-corrected chi connectivity index (χ0v) is 10.2. The lowest BCUT2D eigenvalue weighted by molar-refractivity contribution is 0.0918. The number of carbonyl (C=O) groups is 1. The minimum atomic E-state index is -1.83. The molecule has 0 saturated heterocycles. The Balaban J connectivity index is 2.34. The van der Waals surface area contributed by atoms with Crippen LogP contribution in [0.3, 0.4) is 0 Å². The highest BCUT2D eigenvalue weighted by Crippen LogP contribution is 2.31. The first-order chi connectivity index (χ1) is 7.74. The second-order valence-corrected chi connectivity index (χ2v) is 5.02. The summed E-state index contributed by atoms with van der Waals surface area (Å²) in [5, 5.41) is 1.44. The van der Waals surface area contributed by atoms with Crippen molar-refractivity contribution in [3.8, 4) is 5.75 Å². The first kappa shape index (κ1) is 11.5. The van der Waals surface area contributed by atoms with Crippen molar-refractivity contribution >= 4 is 40.7 Å². The molecular weight excluding hydrogens is 270 g/mol. The van der Waals surface area contributed by atoms with Gasteiger partial charge in [0.2, 0.25) is 0 Å². The van der Waals surface area contributed by atoms with E-state index in [0.717, 1.165) is 15.7 Å².